The van der Waals surface area contributed by atoms with E-state index in [0.717, 1.165) is 39.7 Å². The summed E-state index contributed by atoms with van der Waals surface area (Å²) in [4.78, 5) is 20.2. The molecule has 3 heterocycles. The quantitative estimate of drug-likeness (QED) is 0.430. The molecule has 4 aromatic rings. The highest BCUT2D eigenvalue weighted by Gasteiger charge is 2.21. The van der Waals surface area contributed by atoms with Crippen LogP contribution in [0.3, 0.4) is 0 Å². The lowest BCUT2D eigenvalue weighted by Gasteiger charge is -2.25. The van der Waals surface area contributed by atoms with Gasteiger partial charge in [-0.25, -0.2) is 9.67 Å². The topological polar surface area (TPSA) is 60.3 Å². The number of morpholine rings is 1. The van der Waals surface area contributed by atoms with E-state index in [1.165, 1.54) is 16.0 Å². The van der Waals surface area contributed by atoms with Gasteiger partial charge in [-0.1, -0.05) is 70.9 Å². The Hall–Kier alpha value is -2.45. The summed E-state index contributed by atoms with van der Waals surface area (Å²) < 4.78 is 7.67. The van der Waals surface area contributed by atoms with E-state index in [4.69, 9.17) is 38.0 Å². The summed E-state index contributed by atoms with van der Waals surface area (Å²) in [5, 5.41) is 6.58. The smallest absolute Gasteiger partial charge is 0.294 e. The van der Waals surface area contributed by atoms with Gasteiger partial charge in [0, 0.05) is 28.7 Å². The first-order valence-corrected chi connectivity index (χ1v) is 11.4. The molecule has 1 saturated heterocycles. The molecule has 1 fully saturated rings. The molecule has 0 N–H and O–H groups in total. The van der Waals surface area contributed by atoms with Crippen LogP contribution in [-0.4, -0.2) is 41.1 Å². The van der Waals surface area contributed by atoms with Crippen LogP contribution in [0, 0.1) is 0 Å². The van der Waals surface area contributed by atoms with Gasteiger partial charge in [-0.3, -0.25) is 4.79 Å². The third-order valence-corrected chi connectivity index (χ3v) is 6.86. The highest BCUT2D eigenvalue weighted by atomic mass is 35.5. The Bertz CT molecular complexity index is 1300. The monoisotopic (exact) mass is 472 g/mol. The van der Waals surface area contributed by atoms with Gasteiger partial charge in [0.2, 0.25) is 0 Å². The van der Waals surface area contributed by atoms with Crippen LogP contribution in [0.2, 0.25) is 10.0 Å². The van der Waals surface area contributed by atoms with Crippen molar-refractivity contribution in [1.82, 2.24) is 14.8 Å². The number of hydrogen-bond acceptors (Lipinski definition) is 6. The molecule has 0 radical (unpaired) electrons. The number of thiazole rings is 1. The van der Waals surface area contributed by atoms with E-state index in [9.17, 15) is 4.79 Å². The Balaban J connectivity index is 1.67. The predicted octanol–water partition coefficient (Wildman–Crippen LogP) is 4.71. The SMILES string of the molecule is O=c1c2nc(N3CCOCC3)sc2c(-c2ccccc2)nn1Cc1ccc(Cl)cc1Cl. The van der Waals surface area contributed by atoms with Gasteiger partial charge < -0.3 is 9.64 Å². The summed E-state index contributed by atoms with van der Waals surface area (Å²) in [7, 11) is 0. The first-order valence-electron chi connectivity index (χ1n) is 9.84. The van der Waals surface area contributed by atoms with Crippen LogP contribution in [0.15, 0.2) is 53.3 Å². The Kier molecular flexibility index (Phi) is 5.67. The zero-order chi connectivity index (χ0) is 21.4. The first kappa shape index (κ1) is 20.5. The van der Waals surface area contributed by atoms with Crippen molar-refractivity contribution in [3.8, 4) is 11.3 Å². The van der Waals surface area contributed by atoms with Crippen LogP contribution >= 0.6 is 34.5 Å². The molecule has 0 bridgehead atoms. The lowest BCUT2D eigenvalue weighted by molar-refractivity contribution is 0.122. The number of rotatable bonds is 4. The van der Waals surface area contributed by atoms with E-state index < -0.39 is 0 Å². The predicted molar refractivity (Wildman–Crippen MR) is 126 cm³/mol. The molecular weight excluding hydrogens is 455 g/mol. The first-order chi connectivity index (χ1) is 15.1. The average molecular weight is 473 g/mol. The maximum absolute atomic E-state index is 13.3. The van der Waals surface area contributed by atoms with E-state index in [0.29, 0.717) is 28.8 Å². The number of nitrogens with zero attached hydrogens (tertiary/aromatic N) is 4. The number of hydrogen-bond donors (Lipinski definition) is 0. The minimum absolute atomic E-state index is 0.231. The molecule has 9 heteroatoms. The second-order valence-electron chi connectivity index (χ2n) is 7.19. The number of halogens is 2. The van der Waals surface area contributed by atoms with E-state index >= 15 is 0 Å². The minimum Gasteiger partial charge on any atom is -0.378 e. The van der Waals surface area contributed by atoms with Crippen molar-refractivity contribution >= 4 is 49.9 Å². The Labute approximate surface area is 192 Å². The molecule has 0 amide bonds. The van der Waals surface area contributed by atoms with Crippen LogP contribution in [0.5, 0.6) is 0 Å². The van der Waals surface area contributed by atoms with Crippen molar-refractivity contribution in [1.29, 1.82) is 0 Å². The van der Waals surface area contributed by atoms with Crippen LogP contribution in [0.4, 0.5) is 5.13 Å². The summed E-state index contributed by atoms with van der Waals surface area (Å²) >= 11 is 13.9. The van der Waals surface area contributed by atoms with Crippen LogP contribution in [-0.2, 0) is 11.3 Å². The van der Waals surface area contributed by atoms with Crippen molar-refractivity contribution < 1.29 is 4.74 Å². The fourth-order valence-electron chi connectivity index (χ4n) is 3.54. The Morgan fingerprint density at radius 3 is 2.58 bits per heavy atom. The van der Waals surface area contributed by atoms with Gasteiger partial charge in [-0.15, -0.1) is 0 Å². The second kappa shape index (κ2) is 8.59. The maximum atomic E-state index is 13.3. The summed E-state index contributed by atoms with van der Waals surface area (Å²) in [5.41, 5.74) is 2.61. The lowest BCUT2D eigenvalue weighted by Crippen LogP contribution is -2.36. The Morgan fingerprint density at radius 2 is 1.84 bits per heavy atom. The maximum Gasteiger partial charge on any atom is 0.294 e. The van der Waals surface area contributed by atoms with Crippen molar-refractivity contribution in [2.45, 2.75) is 6.54 Å². The molecule has 6 nitrogen and oxygen atoms in total. The number of ether oxygens (including phenoxy) is 1. The molecule has 31 heavy (non-hydrogen) atoms. The highest BCUT2D eigenvalue weighted by molar-refractivity contribution is 7.22. The average Bonchev–Trinajstić information content (AvgIpc) is 3.24. The molecule has 0 spiro atoms. The molecule has 2 aromatic heterocycles. The van der Waals surface area contributed by atoms with Crippen LogP contribution in [0.1, 0.15) is 5.56 Å². The lowest BCUT2D eigenvalue weighted by atomic mass is 10.1. The normalized spacial score (nSPS) is 14.3. The number of anilines is 1. The van der Waals surface area contributed by atoms with E-state index in [1.807, 2.05) is 36.4 Å². The minimum atomic E-state index is -0.239. The summed E-state index contributed by atoms with van der Waals surface area (Å²) in [6.07, 6.45) is 0. The zero-order valence-electron chi connectivity index (χ0n) is 16.4. The highest BCUT2D eigenvalue weighted by Crippen LogP contribution is 2.34. The van der Waals surface area contributed by atoms with E-state index in [-0.39, 0.29) is 12.1 Å². The van der Waals surface area contributed by atoms with Gasteiger partial charge in [-0.05, 0) is 17.7 Å². The number of fused-ring (bicyclic) bond motifs is 1. The van der Waals surface area contributed by atoms with E-state index in [1.54, 1.807) is 12.1 Å². The molecular formula is C22H18Cl2N4O2S. The molecule has 1 aliphatic rings. The molecule has 0 saturated carbocycles. The molecule has 5 rings (SSSR count). The van der Waals surface area contributed by atoms with Gasteiger partial charge in [0.05, 0.1) is 24.5 Å². The van der Waals surface area contributed by atoms with Crippen LogP contribution in [0.25, 0.3) is 21.5 Å². The zero-order valence-corrected chi connectivity index (χ0v) is 18.8. The van der Waals surface area contributed by atoms with Gasteiger partial charge in [0.15, 0.2) is 10.6 Å². The molecule has 158 valence electrons. The Morgan fingerprint density at radius 1 is 1.06 bits per heavy atom. The van der Waals surface area contributed by atoms with Crippen molar-refractivity contribution in [3.63, 3.8) is 0 Å². The van der Waals surface area contributed by atoms with Gasteiger partial charge >= 0.3 is 0 Å². The van der Waals surface area contributed by atoms with Crippen LogP contribution < -0.4 is 10.5 Å². The number of aromatic nitrogens is 3. The largest absolute Gasteiger partial charge is 0.378 e. The van der Waals surface area contributed by atoms with Gasteiger partial charge in [0.25, 0.3) is 5.56 Å². The summed E-state index contributed by atoms with van der Waals surface area (Å²) in [5.74, 6) is 0. The summed E-state index contributed by atoms with van der Waals surface area (Å²) in [6, 6.07) is 15.1. The fraction of sp³-hybridized carbons (Fsp3) is 0.227. The molecule has 2 aromatic carbocycles. The molecule has 0 atom stereocenters. The molecule has 1 aliphatic heterocycles. The number of benzene rings is 2. The molecule has 0 unspecified atom stereocenters. The van der Waals surface area contributed by atoms with Crippen molar-refractivity contribution in [2.75, 3.05) is 31.2 Å². The third-order valence-electron chi connectivity index (χ3n) is 5.15. The summed E-state index contributed by atoms with van der Waals surface area (Å²) in [6.45, 7) is 3.04. The van der Waals surface area contributed by atoms with Crippen molar-refractivity contribution in [2.24, 2.45) is 0 Å². The molecule has 0 aliphatic carbocycles. The standard InChI is InChI=1S/C22H18Cl2N4O2S/c23-16-7-6-15(17(24)12-16)13-28-21(29)19-20(18(26-28)14-4-2-1-3-5-14)31-22(25-19)27-8-10-30-11-9-27/h1-7,12H,8-11,13H2. The van der Waals surface area contributed by atoms with Gasteiger partial charge in [-0.2, -0.15) is 5.10 Å². The van der Waals surface area contributed by atoms with E-state index in [2.05, 4.69) is 4.90 Å². The third kappa shape index (κ3) is 4.06. The van der Waals surface area contributed by atoms with Crippen molar-refractivity contribution in [3.05, 3.63) is 74.5 Å². The second-order valence-corrected chi connectivity index (χ2v) is 9.01. The van der Waals surface area contributed by atoms with Gasteiger partial charge in [0.1, 0.15) is 5.69 Å². The fourth-order valence-corrected chi connectivity index (χ4v) is 5.13.